The maximum atomic E-state index is 11.9. The molecule has 1 aliphatic heterocycles. The average Bonchev–Trinajstić information content (AvgIpc) is 2.91. The summed E-state index contributed by atoms with van der Waals surface area (Å²) in [7, 11) is 0. The highest BCUT2D eigenvalue weighted by atomic mass is 32.1. The maximum Gasteiger partial charge on any atom is 0.229 e. The van der Waals surface area contributed by atoms with Crippen LogP contribution in [0.25, 0.3) is 0 Å². The molecule has 1 saturated heterocycles. The van der Waals surface area contributed by atoms with Crippen LogP contribution < -0.4 is 15.8 Å². The van der Waals surface area contributed by atoms with Crippen molar-refractivity contribution in [1.82, 2.24) is 0 Å². The van der Waals surface area contributed by atoms with Gasteiger partial charge >= 0.3 is 0 Å². The van der Waals surface area contributed by atoms with Crippen molar-refractivity contribution < 1.29 is 14.3 Å². The standard InChI is InChI=1S/C13H16N2O3S/c14-12(19)8-18-11-3-1-2-10(6-11)15-13(16)9-4-5-17-7-9/h1-3,6,9H,4-5,7-8H2,(H2,14,19)(H,15,16). The number of carbonyl (C=O) groups is 1. The first kappa shape index (κ1) is 13.8. The van der Waals surface area contributed by atoms with Gasteiger partial charge < -0.3 is 20.5 Å². The van der Waals surface area contributed by atoms with E-state index < -0.39 is 0 Å². The lowest BCUT2D eigenvalue weighted by Crippen LogP contribution is -2.22. The average molecular weight is 280 g/mol. The highest BCUT2D eigenvalue weighted by Crippen LogP contribution is 2.20. The first-order valence-electron chi connectivity index (χ1n) is 6.05. The SMILES string of the molecule is NC(=S)COc1cccc(NC(=O)C2CCOC2)c1. The molecule has 0 bridgehead atoms. The van der Waals surface area contributed by atoms with Gasteiger partial charge in [-0.25, -0.2) is 0 Å². The molecule has 1 aliphatic rings. The highest BCUT2D eigenvalue weighted by Gasteiger charge is 2.23. The Labute approximate surface area is 117 Å². The summed E-state index contributed by atoms with van der Waals surface area (Å²) in [6, 6.07) is 7.13. The molecule has 1 atom stereocenters. The molecule has 102 valence electrons. The fourth-order valence-electron chi connectivity index (χ4n) is 1.80. The van der Waals surface area contributed by atoms with Gasteiger partial charge in [0.15, 0.2) is 0 Å². The number of rotatable bonds is 5. The van der Waals surface area contributed by atoms with E-state index in [4.69, 9.17) is 27.4 Å². The van der Waals surface area contributed by atoms with Crippen LogP contribution in [0.15, 0.2) is 24.3 Å². The minimum absolute atomic E-state index is 0.0241. The van der Waals surface area contributed by atoms with Crippen molar-refractivity contribution in [2.45, 2.75) is 6.42 Å². The Morgan fingerprint density at radius 3 is 3.11 bits per heavy atom. The third-order valence-electron chi connectivity index (χ3n) is 2.78. The second kappa shape index (κ2) is 6.49. The number of carbonyl (C=O) groups excluding carboxylic acids is 1. The zero-order valence-electron chi connectivity index (χ0n) is 10.4. The predicted octanol–water partition coefficient (Wildman–Crippen LogP) is 1.33. The van der Waals surface area contributed by atoms with Crippen molar-refractivity contribution >= 4 is 28.8 Å². The fourth-order valence-corrected chi connectivity index (χ4v) is 1.86. The molecule has 1 unspecified atom stereocenters. The summed E-state index contributed by atoms with van der Waals surface area (Å²) < 4.78 is 10.6. The minimum Gasteiger partial charge on any atom is -0.486 e. The smallest absolute Gasteiger partial charge is 0.229 e. The zero-order valence-corrected chi connectivity index (χ0v) is 11.2. The molecular formula is C13H16N2O3S. The van der Waals surface area contributed by atoms with Crippen LogP contribution in [0.3, 0.4) is 0 Å². The van der Waals surface area contributed by atoms with Crippen LogP contribution in [0, 0.1) is 5.92 Å². The number of benzene rings is 1. The van der Waals surface area contributed by atoms with Crippen molar-refractivity contribution in [3.8, 4) is 5.75 Å². The van der Waals surface area contributed by atoms with Gasteiger partial charge in [-0.1, -0.05) is 18.3 Å². The van der Waals surface area contributed by atoms with Crippen molar-refractivity contribution in [3.05, 3.63) is 24.3 Å². The number of ether oxygens (including phenoxy) is 2. The molecule has 2 rings (SSSR count). The molecule has 5 nitrogen and oxygen atoms in total. The molecule has 3 N–H and O–H groups in total. The quantitative estimate of drug-likeness (QED) is 0.796. The molecule has 1 aromatic carbocycles. The van der Waals surface area contributed by atoms with Gasteiger partial charge in [-0.3, -0.25) is 4.79 Å². The van der Waals surface area contributed by atoms with Crippen LogP contribution in [0.1, 0.15) is 6.42 Å². The summed E-state index contributed by atoms with van der Waals surface area (Å²) in [5.74, 6) is 0.526. The molecule has 0 aliphatic carbocycles. The van der Waals surface area contributed by atoms with Crippen LogP contribution in [0.5, 0.6) is 5.75 Å². The molecule has 19 heavy (non-hydrogen) atoms. The first-order chi connectivity index (χ1) is 9.15. The van der Waals surface area contributed by atoms with E-state index in [1.807, 2.05) is 0 Å². The molecule has 1 fully saturated rings. The van der Waals surface area contributed by atoms with Gasteiger partial charge in [0.1, 0.15) is 17.3 Å². The van der Waals surface area contributed by atoms with E-state index in [1.165, 1.54) is 0 Å². The second-order valence-corrected chi connectivity index (χ2v) is 4.86. The van der Waals surface area contributed by atoms with Crippen molar-refractivity contribution in [2.75, 3.05) is 25.1 Å². The highest BCUT2D eigenvalue weighted by molar-refractivity contribution is 7.80. The van der Waals surface area contributed by atoms with Crippen molar-refractivity contribution in [3.63, 3.8) is 0 Å². The van der Waals surface area contributed by atoms with Crippen molar-refractivity contribution in [1.29, 1.82) is 0 Å². The van der Waals surface area contributed by atoms with Gasteiger partial charge in [0, 0.05) is 18.4 Å². The van der Waals surface area contributed by atoms with Gasteiger partial charge in [0.25, 0.3) is 0 Å². The first-order valence-corrected chi connectivity index (χ1v) is 6.46. The maximum absolute atomic E-state index is 11.9. The topological polar surface area (TPSA) is 73.6 Å². The normalized spacial score (nSPS) is 18.0. The summed E-state index contributed by atoms with van der Waals surface area (Å²) in [6.45, 7) is 1.32. The van der Waals surface area contributed by atoms with Crippen molar-refractivity contribution in [2.24, 2.45) is 11.7 Å². The van der Waals surface area contributed by atoms with Gasteiger partial charge in [-0.2, -0.15) is 0 Å². The van der Waals surface area contributed by atoms with Crippen LogP contribution in [0.4, 0.5) is 5.69 Å². The van der Waals surface area contributed by atoms with Crippen LogP contribution in [-0.4, -0.2) is 30.7 Å². The van der Waals surface area contributed by atoms with E-state index >= 15 is 0 Å². The monoisotopic (exact) mass is 280 g/mol. The van der Waals surface area contributed by atoms with E-state index in [9.17, 15) is 4.79 Å². The molecular weight excluding hydrogens is 264 g/mol. The number of thiocarbonyl (C=S) groups is 1. The summed E-state index contributed by atoms with van der Waals surface area (Å²) in [5, 5.41) is 2.85. The molecule has 6 heteroatoms. The zero-order chi connectivity index (χ0) is 13.7. The van der Waals surface area contributed by atoms with E-state index in [-0.39, 0.29) is 23.4 Å². The Morgan fingerprint density at radius 2 is 2.42 bits per heavy atom. The minimum atomic E-state index is -0.0683. The lowest BCUT2D eigenvalue weighted by Gasteiger charge is -2.11. The van der Waals surface area contributed by atoms with Gasteiger partial charge in [-0.05, 0) is 18.6 Å². The molecule has 0 radical (unpaired) electrons. The van der Waals surface area contributed by atoms with E-state index in [1.54, 1.807) is 24.3 Å². The molecule has 0 spiro atoms. The van der Waals surface area contributed by atoms with Gasteiger partial charge in [0.05, 0.1) is 12.5 Å². The van der Waals surface area contributed by atoms with Crippen LogP contribution >= 0.6 is 12.2 Å². The number of nitrogens with two attached hydrogens (primary N) is 1. The lowest BCUT2D eigenvalue weighted by molar-refractivity contribution is -0.119. The Kier molecular flexibility index (Phi) is 4.70. The molecule has 0 saturated carbocycles. The number of hydrogen-bond donors (Lipinski definition) is 2. The second-order valence-electron chi connectivity index (χ2n) is 4.33. The number of hydrogen-bond acceptors (Lipinski definition) is 4. The summed E-state index contributed by atoms with van der Waals surface area (Å²) >= 11 is 4.74. The number of anilines is 1. The third-order valence-corrected chi connectivity index (χ3v) is 2.90. The van der Waals surface area contributed by atoms with E-state index in [0.717, 1.165) is 6.42 Å². The Balaban J connectivity index is 1.94. The Morgan fingerprint density at radius 1 is 1.58 bits per heavy atom. The summed E-state index contributed by atoms with van der Waals surface area (Å²) in [5.41, 5.74) is 6.06. The Hall–Kier alpha value is -1.66. The molecule has 1 aromatic rings. The molecule has 1 heterocycles. The van der Waals surface area contributed by atoms with Gasteiger partial charge in [0.2, 0.25) is 5.91 Å². The van der Waals surface area contributed by atoms with Gasteiger partial charge in [-0.15, -0.1) is 0 Å². The number of nitrogens with one attached hydrogen (secondary N) is 1. The Bertz CT molecular complexity index is 473. The third kappa shape index (κ3) is 4.18. The fraction of sp³-hybridized carbons (Fsp3) is 0.385. The largest absolute Gasteiger partial charge is 0.486 e. The van der Waals surface area contributed by atoms with E-state index in [0.29, 0.717) is 24.7 Å². The molecule has 0 aromatic heterocycles. The van der Waals surface area contributed by atoms with Crippen LogP contribution in [-0.2, 0) is 9.53 Å². The summed E-state index contributed by atoms with van der Waals surface area (Å²) in [4.78, 5) is 12.2. The molecule has 1 amide bonds. The van der Waals surface area contributed by atoms with Crippen LogP contribution in [0.2, 0.25) is 0 Å². The lowest BCUT2D eigenvalue weighted by atomic mass is 10.1. The number of amides is 1. The van der Waals surface area contributed by atoms with E-state index in [2.05, 4.69) is 5.32 Å². The summed E-state index contributed by atoms with van der Waals surface area (Å²) in [6.07, 6.45) is 0.767. The predicted molar refractivity (Wildman–Crippen MR) is 76.3 cm³/mol.